The van der Waals surface area contributed by atoms with Crippen molar-refractivity contribution in [2.24, 2.45) is 11.3 Å². The maximum atomic E-state index is 11.0. The van der Waals surface area contributed by atoms with Gasteiger partial charge in [0.1, 0.15) is 0 Å². The van der Waals surface area contributed by atoms with Crippen LogP contribution in [0.3, 0.4) is 0 Å². The first-order valence-electron chi connectivity index (χ1n) is 6.59. The summed E-state index contributed by atoms with van der Waals surface area (Å²) in [4.78, 5) is 13.3. The Morgan fingerprint density at radius 2 is 1.95 bits per heavy atom. The van der Waals surface area contributed by atoms with E-state index in [1.807, 2.05) is 6.07 Å². The number of nitrogens with zero attached hydrogens (tertiary/aromatic N) is 2. The van der Waals surface area contributed by atoms with Crippen molar-refractivity contribution in [3.63, 3.8) is 0 Å². The summed E-state index contributed by atoms with van der Waals surface area (Å²) < 4.78 is 5.32. The molecule has 0 spiro atoms. The molecule has 100 valence electrons. The van der Waals surface area contributed by atoms with E-state index in [2.05, 4.69) is 4.90 Å². The van der Waals surface area contributed by atoms with E-state index in [9.17, 15) is 9.90 Å². The second kappa shape index (κ2) is 7.61. The number of carbonyl (C=O) groups is 1. The first kappa shape index (κ1) is 16.9. The van der Waals surface area contributed by atoms with Crippen LogP contribution < -0.4 is 34.7 Å². The van der Waals surface area contributed by atoms with Crippen molar-refractivity contribution in [2.75, 3.05) is 32.8 Å². The number of rotatable bonds is 3. The van der Waals surface area contributed by atoms with Crippen LogP contribution in [0.5, 0.6) is 0 Å². The van der Waals surface area contributed by atoms with Crippen molar-refractivity contribution in [1.29, 1.82) is 5.26 Å². The SMILES string of the molecule is N#CC1(C(=O)[O-])CCN(CC2CCOCC2)CC1.[Na+]. The summed E-state index contributed by atoms with van der Waals surface area (Å²) in [7, 11) is 0. The van der Waals surface area contributed by atoms with Crippen LogP contribution in [0.15, 0.2) is 0 Å². The van der Waals surface area contributed by atoms with E-state index in [0.29, 0.717) is 31.8 Å². The maximum absolute atomic E-state index is 11.0. The summed E-state index contributed by atoms with van der Waals surface area (Å²) >= 11 is 0. The zero-order valence-corrected chi connectivity index (χ0v) is 13.6. The van der Waals surface area contributed by atoms with Gasteiger partial charge in [-0.2, -0.15) is 5.26 Å². The molecule has 0 amide bonds. The van der Waals surface area contributed by atoms with Gasteiger partial charge < -0.3 is 19.5 Å². The van der Waals surface area contributed by atoms with E-state index < -0.39 is 11.4 Å². The number of piperidine rings is 1. The zero-order valence-electron chi connectivity index (χ0n) is 11.6. The molecule has 5 nitrogen and oxygen atoms in total. The molecule has 2 heterocycles. The summed E-state index contributed by atoms with van der Waals surface area (Å²) in [5, 5.41) is 20.0. The van der Waals surface area contributed by atoms with Gasteiger partial charge in [-0.05, 0) is 31.6 Å². The van der Waals surface area contributed by atoms with Gasteiger partial charge in [0.2, 0.25) is 0 Å². The van der Waals surface area contributed by atoms with Crippen LogP contribution in [0.25, 0.3) is 0 Å². The zero-order chi connectivity index (χ0) is 13.0. The molecule has 2 fully saturated rings. The third kappa shape index (κ3) is 4.17. The Labute approximate surface area is 136 Å². The summed E-state index contributed by atoms with van der Waals surface area (Å²) in [6.07, 6.45) is 2.94. The molecule has 0 unspecified atom stereocenters. The minimum Gasteiger partial charge on any atom is -0.548 e. The summed E-state index contributed by atoms with van der Waals surface area (Å²) in [6, 6.07) is 1.93. The van der Waals surface area contributed by atoms with Crippen molar-refractivity contribution in [1.82, 2.24) is 4.90 Å². The van der Waals surface area contributed by atoms with Gasteiger partial charge >= 0.3 is 29.6 Å². The Bertz CT molecular complexity index is 342. The number of carboxylic acids is 1. The quantitative estimate of drug-likeness (QED) is 0.506. The molecule has 0 aromatic carbocycles. The molecule has 2 rings (SSSR count). The molecule has 0 aromatic heterocycles. The first-order chi connectivity index (χ1) is 8.66. The van der Waals surface area contributed by atoms with Crippen LogP contribution in [-0.2, 0) is 9.53 Å². The average molecular weight is 274 g/mol. The first-order valence-corrected chi connectivity index (χ1v) is 6.59. The van der Waals surface area contributed by atoms with Crippen LogP contribution >= 0.6 is 0 Å². The predicted octanol–water partition coefficient (Wildman–Crippen LogP) is -3.23. The molecular formula is C13H19N2NaO3. The fourth-order valence-electron chi connectivity index (χ4n) is 2.77. The molecule has 6 heteroatoms. The van der Waals surface area contributed by atoms with Crippen molar-refractivity contribution in [3.05, 3.63) is 0 Å². The van der Waals surface area contributed by atoms with Crippen LogP contribution in [0, 0.1) is 22.7 Å². The summed E-state index contributed by atoms with van der Waals surface area (Å²) in [5.41, 5.74) is -1.26. The molecule has 0 atom stereocenters. The Hall–Kier alpha value is -0.120. The van der Waals surface area contributed by atoms with Gasteiger partial charge in [-0.1, -0.05) is 0 Å². The van der Waals surface area contributed by atoms with E-state index in [1.165, 1.54) is 0 Å². The standard InChI is InChI=1S/C13H20N2O3.Na/c14-10-13(12(16)17)3-5-15(6-4-13)9-11-1-7-18-8-2-11;/h11H,1-9H2,(H,16,17);/q;+1/p-1. The minimum atomic E-state index is -1.26. The van der Waals surface area contributed by atoms with Crippen molar-refractivity contribution >= 4 is 5.97 Å². The number of hydrogen-bond acceptors (Lipinski definition) is 5. The number of hydrogen-bond donors (Lipinski definition) is 0. The number of carbonyl (C=O) groups excluding carboxylic acids is 1. The van der Waals surface area contributed by atoms with E-state index in [-0.39, 0.29) is 29.6 Å². The van der Waals surface area contributed by atoms with E-state index >= 15 is 0 Å². The fourth-order valence-corrected chi connectivity index (χ4v) is 2.77. The molecule has 2 saturated heterocycles. The van der Waals surface area contributed by atoms with Gasteiger partial charge in [-0.15, -0.1) is 0 Å². The smallest absolute Gasteiger partial charge is 0.548 e. The van der Waals surface area contributed by atoms with Crippen molar-refractivity contribution < 1.29 is 44.2 Å². The number of nitriles is 1. The van der Waals surface area contributed by atoms with E-state index in [0.717, 1.165) is 32.6 Å². The van der Waals surface area contributed by atoms with Gasteiger partial charge in [0.25, 0.3) is 0 Å². The number of carboxylic acid groups (broad SMARTS) is 1. The predicted molar refractivity (Wildman–Crippen MR) is 62.3 cm³/mol. The molecule has 19 heavy (non-hydrogen) atoms. The van der Waals surface area contributed by atoms with Crippen LogP contribution in [0.1, 0.15) is 25.7 Å². The molecule has 0 saturated carbocycles. The number of likely N-dealkylation sites (tertiary alicyclic amines) is 1. The normalized spacial score (nSPS) is 24.2. The Morgan fingerprint density at radius 1 is 1.37 bits per heavy atom. The molecule has 0 bridgehead atoms. The summed E-state index contributed by atoms with van der Waals surface area (Å²) in [5.74, 6) is -0.563. The van der Waals surface area contributed by atoms with Gasteiger partial charge in [-0.3, -0.25) is 0 Å². The van der Waals surface area contributed by atoms with E-state index in [1.54, 1.807) is 0 Å². The summed E-state index contributed by atoms with van der Waals surface area (Å²) in [6.45, 7) is 4.02. The molecule has 0 N–H and O–H groups in total. The van der Waals surface area contributed by atoms with Gasteiger partial charge in [0.05, 0.1) is 17.5 Å². The fraction of sp³-hybridized carbons (Fsp3) is 0.846. The molecular weight excluding hydrogens is 255 g/mol. The molecule has 0 radical (unpaired) electrons. The second-order valence-electron chi connectivity index (χ2n) is 5.34. The largest absolute Gasteiger partial charge is 1.00 e. The van der Waals surface area contributed by atoms with Crippen molar-refractivity contribution in [3.8, 4) is 6.07 Å². The van der Waals surface area contributed by atoms with Gasteiger partial charge in [0, 0.05) is 32.8 Å². The number of ether oxygens (including phenoxy) is 1. The monoisotopic (exact) mass is 274 g/mol. The van der Waals surface area contributed by atoms with E-state index in [4.69, 9.17) is 10.00 Å². The number of aliphatic carboxylic acids is 1. The molecule has 0 aromatic rings. The van der Waals surface area contributed by atoms with Crippen molar-refractivity contribution in [2.45, 2.75) is 25.7 Å². The topological polar surface area (TPSA) is 76.4 Å². The average Bonchev–Trinajstić information content (AvgIpc) is 2.41. The Morgan fingerprint density at radius 3 is 2.42 bits per heavy atom. The maximum Gasteiger partial charge on any atom is 1.00 e. The van der Waals surface area contributed by atoms with Gasteiger partial charge in [-0.25, -0.2) is 0 Å². The van der Waals surface area contributed by atoms with Crippen LogP contribution in [-0.4, -0.2) is 43.7 Å². The minimum absolute atomic E-state index is 0. The Balaban J connectivity index is 0.00000180. The third-order valence-electron chi connectivity index (χ3n) is 4.17. The molecule has 2 aliphatic rings. The van der Waals surface area contributed by atoms with Crippen LogP contribution in [0.4, 0.5) is 0 Å². The molecule has 0 aliphatic carbocycles. The Kier molecular flexibility index (Phi) is 6.78. The molecule has 2 aliphatic heterocycles. The third-order valence-corrected chi connectivity index (χ3v) is 4.17. The van der Waals surface area contributed by atoms with Gasteiger partial charge in [0.15, 0.2) is 0 Å². The van der Waals surface area contributed by atoms with Crippen LogP contribution in [0.2, 0.25) is 0 Å². The second-order valence-corrected chi connectivity index (χ2v) is 5.34.